The molecule has 1 unspecified atom stereocenters. The van der Waals surface area contributed by atoms with Gasteiger partial charge in [-0.05, 0) is 43.9 Å². The van der Waals surface area contributed by atoms with E-state index in [4.69, 9.17) is 0 Å². The second-order valence-electron chi connectivity index (χ2n) is 7.74. The normalized spacial score (nSPS) is 20.1. The number of fused-ring (bicyclic) bond motifs is 1. The fourth-order valence-corrected chi connectivity index (χ4v) is 4.90. The smallest absolute Gasteiger partial charge is 0.254 e. The summed E-state index contributed by atoms with van der Waals surface area (Å²) >= 11 is 0. The maximum atomic E-state index is 13.6. The predicted octanol–water partition coefficient (Wildman–Crippen LogP) is 1.59. The highest BCUT2D eigenvalue weighted by atomic mass is 32.2. The number of H-pyrrole nitrogens is 1. The first-order valence-electron chi connectivity index (χ1n) is 9.87. The van der Waals surface area contributed by atoms with E-state index in [9.17, 15) is 22.4 Å². The summed E-state index contributed by atoms with van der Waals surface area (Å²) in [7, 11) is -3.40. The van der Waals surface area contributed by atoms with Gasteiger partial charge in [0.2, 0.25) is 10.0 Å². The van der Waals surface area contributed by atoms with Crippen molar-refractivity contribution in [1.29, 1.82) is 0 Å². The Bertz CT molecular complexity index is 1150. The molecule has 10 heteroatoms. The lowest BCUT2D eigenvalue weighted by atomic mass is 9.99. The van der Waals surface area contributed by atoms with Gasteiger partial charge in [-0.1, -0.05) is 6.07 Å². The van der Waals surface area contributed by atoms with Gasteiger partial charge in [-0.2, -0.15) is 4.31 Å². The highest BCUT2D eigenvalue weighted by molar-refractivity contribution is 7.88. The predicted molar refractivity (Wildman–Crippen MR) is 108 cm³/mol. The Morgan fingerprint density at radius 1 is 1.27 bits per heavy atom. The average Bonchev–Trinajstić information content (AvgIpc) is 2.72. The van der Waals surface area contributed by atoms with Crippen LogP contribution >= 0.6 is 0 Å². The van der Waals surface area contributed by atoms with Crippen LogP contribution in [0, 0.1) is 5.82 Å². The molecular formula is C20H23FN4O4S. The van der Waals surface area contributed by atoms with Crippen LogP contribution in [0.3, 0.4) is 0 Å². The van der Waals surface area contributed by atoms with Crippen molar-refractivity contribution in [3.05, 3.63) is 63.1 Å². The molecule has 30 heavy (non-hydrogen) atoms. The van der Waals surface area contributed by atoms with Crippen LogP contribution in [-0.2, 0) is 23.0 Å². The van der Waals surface area contributed by atoms with Gasteiger partial charge >= 0.3 is 0 Å². The first-order chi connectivity index (χ1) is 14.2. The van der Waals surface area contributed by atoms with Crippen LogP contribution in [0.5, 0.6) is 0 Å². The zero-order valence-electron chi connectivity index (χ0n) is 16.6. The number of amides is 1. The highest BCUT2D eigenvalue weighted by Gasteiger charge is 2.33. The summed E-state index contributed by atoms with van der Waals surface area (Å²) < 4.78 is 38.7. The largest absolute Gasteiger partial charge is 0.328 e. The number of benzene rings is 1. The van der Waals surface area contributed by atoms with E-state index in [2.05, 4.69) is 9.97 Å². The number of carbonyl (C=O) groups excluding carboxylic acids is 1. The van der Waals surface area contributed by atoms with E-state index in [1.807, 2.05) is 0 Å². The Morgan fingerprint density at radius 3 is 2.80 bits per heavy atom. The van der Waals surface area contributed by atoms with Crippen molar-refractivity contribution >= 4 is 15.9 Å². The Labute approximate surface area is 173 Å². The molecule has 1 saturated heterocycles. The molecule has 0 radical (unpaired) electrons. The number of carbonyl (C=O) groups is 1. The highest BCUT2D eigenvalue weighted by Crippen LogP contribution is 2.31. The molecule has 4 rings (SSSR count). The maximum absolute atomic E-state index is 13.6. The van der Waals surface area contributed by atoms with E-state index in [0.29, 0.717) is 36.5 Å². The number of sulfonamides is 1. The van der Waals surface area contributed by atoms with E-state index in [-0.39, 0.29) is 30.1 Å². The van der Waals surface area contributed by atoms with Gasteiger partial charge in [0.15, 0.2) is 0 Å². The molecular weight excluding hydrogens is 411 g/mol. The third kappa shape index (κ3) is 4.01. The van der Waals surface area contributed by atoms with Gasteiger partial charge in [0.05, 0.1) is 24.5 Å². The zero-order chi connectivity index (χ0) is 21.5. The number of aromatic amines is 1. The first-order valence-corrected chi connectivity index (χ1v) is 11.7. The van der Waals surface area contributed by atoms with E-state index in [0.717, 1.165) is 19.1 Å². The van der Waals surface area contributed by atoms with Crippen molar-refractivity contribution < 1.29 is 17.6 Å². The molecule has 1 atom stereocenters. The van der Waals surface area contributed by atoms with E-state index in [1.54, 1.807) is 11.0 Å². The standard InChI is InChI=1S/C20H23FN4O4S/c1-30(28,29)24-10-8-15-16(12-24)22-18(23-19(15)26)17-7-2-3-9-25(17)20(27)13-5-4-6-14(21)11-13/h4-6,11,17H,2-3,7-10,12H2,1H3,(H,22,23,26). The molecule has 8 nitrogen and oxygen atoms in total. The van der Waals surface area contributed by atoms with E-state index >= 15 is 0 Å². The van der Waals surface area contributed by atoms with Crippen LogP contribution in [0.25, 0.3) is 0 Å². The Balaban J connectivity index is 1.69. The van der Waals surface area contributed by atoms with Gasteiger partial charge in [0, 0.05) is 24.2 Å². The van der Waals surface area contributed by atoms with Crippen LogP contribution < -0.4 is 5.56 Å². The molecule has 160 valence electrons. The minimum absolute atomic E-state index is 0.0374. The summed E-state index contributed by atoms with van der Waals surface area (Å²) in [6.45, 7) is 0.746. The fourth-order valence-electron chi connectivity index (χ4n) is 4.12. The summed E-state index contributed by atoms with van der Waals surface area (Å²) in [5.74, 6) is -0.466. The van der Waals surface area contributed by atoms with E-state index < -0.39 is 21.9 Å². The second-order valence-corrected chi connectivity index (χ2v) is 9.73. The van der Waals surface area contributed by atoms with Gasteiger partial charge in [-0.3, -0.25) is 9.59 Å². The van der Waals surface area contributed by atoms with Crippen LogP contribution in [0.4, 0.5) is 4.39 Å². The van der Waals surface area contributed by atoms with Crippen molar-refractivity contribution in [1.82, 2.24) is 19.2 Å². The van der Waals surface area contributed by atoms with Crippen LogP contribution in [0.15, 0.2) is 29.1 Å². The van der Waals surface area contributed by atoms with Crippen molar-refractivity contribution in [3.8, 4) is 0 Å². The minimum Gasteiger partial charge on any atom is -0.328 e. The number of nitrogens with one attached hydrogen (secondary N) is 1. The van der Waals surface area contributed by atoms with Gasteiger partial charge in [0.1, 0.15) is 11.6 Å². The van der Waals surface area contributed by atoms with Crippen molar-refractivity contribution in [2.45, 2.75) is 38.3 Å². The number of hydrogen-bond acceptors (Lipinski definition) is 5. The van der Waals surface area contributed by atoms with E-state index in [1.165, 1.54) is 22.5 Å². The monoisotopic (exact) mass is 434 g/mol. The molecule has 2 aliphatic rings. The topological polar surface area (TPSA) is 103 Å². The number of likely N-dealkylation sites (tertiary alicyclic amines) is 1. The SMILES string of the molecule is CS(=O)(=O)N1CCc2c(nc(C3CCCCN3C(=O)c3cccc(F)c3)[nH]c2=O)C1. The molecule has 1 aromatic heterocycles. The third-order valence-electron chi connectivity index (χ3n) is 5.68. The number of hydrogen-bond donors (Lipinski definition) is 1. The molecule has 3 heterocycles. The summed E-state index contributed by atoms with van der Waals surface area (Å²) in [6.07, 6.45) is 3.69. The van der Waals surface area contributed by atoms with Crippen molar-refractivity contribution in [3.63, 3.8) is 0 Å². The molecule has 1 aromatic carbocycles. The first kappa shape index (κ1) is 20.7. The summed E-state index contributed by atoms with van der Waals surface area (Å²) in [4.78, 5) is 34.7. The number of piperidine rings is 1. The quantitative estimate of drug-likeness (QED) is 0.790. The van der Waals surface area contributed by atoms with Gasteiger partial charge in [-0.15, -0.1) is 0 Å². The van der Waals surface area contributed by atoms with Crippen molar-refractivity contribution in [2.75, 3.05) is 19.3 Å². The second kappa shape index (κ2) is 7.92. The average molecular weight is 434 g/mol. The Kier molecular flexibility index (Phi) is 5.46. The fraction of sp³-hybridized carbons (Fsp3) is 0.450. The zero-order valence-corrected chi connectivity index (χ0v) is 17.4. The summed E-state index contributed by atoms with van der Waals surface area (Å²) in [6, 6.07) is 5.06. The Morgan fingerprint density at radius 2 is 2.07 bits per heavy atom. The molecule has 0 aliphatic carbocycles. The van der Waals surface area contributed by atoms with Crippen molar-refractivity contribution in [2.24, 2.45) is 0 Å². The minimum atomic E-state index is -3.40. The lowest BCUT2D eigenvalue weighted by molar-refractivity contribution is 0.0598. The number of halogens is 1. The third-order valence-corrected chi connectivity index (χ3v) is 6.93. The number of nitrogens with zero attached hydrogens (tertiary/aromatic N) is 3. The maximum Gasteiger partial charge on any atom is 0.254 e. The lowest BCUT2D eigenvalue weighted by Gasteiger charge is -2.35. The Hall–Kier alpha value is -2.59. The van der Waals surface area contributed by atoms with Crippen LogP contribution in [0.1, 0.15) is 52.7 Å². The summed E-state index contributed by atoms with van der Waals surface area (Å²) in [5, 5.41) is 0. The van der Waals surface area contributed by atoms with Crippen LogP contribution in [-0.4, -0.2) is 52.8 Å². The molecule has 1 N–H and O–H groups in total. The van der Waals surface area contributed by atoms with Gasteiger partial charge in [-0.25, -0.2) is 17.8 Å². The molecule has 1 fully saturated rings. The molecule has 1 amide bonds. The molecule has 0 spiro atoms. The molecule has 2 aromatic rings. The molecule has 2 aliphatic heterocycles. The molecule has 0 bridgehead atoms. The van der Waals surface area contributed by atoms with Gasteiger partial charge < -0.3 is 9.88 Å². The van der Waals surface area contributed by atoms with Crippen LogP contribution in [0.2, 0.25) is 0 Å². The lowest BCUT2D eigenvalue weighted by Crippen LogP contribution is -2.42. The van der Waals surface area contributed by atoms with Gasteiger partial charge in [0.25, 0.3) is 11.5 Å². The number of aromatic nitrogens is 2. The summed E-state index contributed by atoms with van der Waals surface area (Å²) in [5.41, 5.74) is 0.851. The molecule has 0 saturated carbocycles. The number of rotatable bonds is 3.